The van der Waals surface area contributed by atoms with E-state index in [1.165, 1.54) is 5.56 Å². The summed E-state index contributed by atoms with van der Waals surface area (Å²) in [7, 11) is 0. The lowest BCUT2D eigenvalue weighted by Gasteiger charge is -2.14. The molecule has 1 aromatic rings. The summed E-state index contributed by atoms with van der Waals surface area (Å²) in [5.74, 6) is 0. The topological polar surface area (TPSA) is 32.3 Å². The largest absolute Gasteiger partial charge is 0.396 e. The number of hydrogen-bond acceptors (Lipinski definition) is 2. The van der Waals surface area contributed by atoms with Crippen LogP contribution in [0.25, 0.3) is 0 Å². The highest BCUT2D eigenvalue weighted by Crippen LogP contribution is 2.17. The monoisotopic (exact) mass is 241 g/mol. The van der Waals surface area contributed by atoms with E-state index in [0.717, 1.165) is 30.0 Å². The number of rotatable bonds is 6. The van der Waals surface area contributed by atoms with Gasteiger partial charge in [0.25, 0.3) is 0 Å². The predicted octanol–water partition coefficient (Wildman–Crippen LogP) is 2.90. The van der Waals surface area contributed by atoms with Crippen molar-refractivity contribution in [3.63, 3.8) is 0 Å². The molecule has 16 heavy (non-hydrogen) atoms. The number of halogens is 1. The average molecular weight is 242 g/mol. The van der Waals surface area contributed by atoms with E-state index < -0.39 is 0 Å². The minimum Gasteiger partial charge on any atom is -0.396 e. The van der Waals surface area contributed by atoms with Gasteiger partial charge in [-0.05, 0) is 43.9 Å². The highest BCUT2D eigenvalue weighted by atomic mass is 35.5. The molecule has 0 aliphatic rings. The molecule has 0 aliphatic heterocycles. The summed E-state index contributed by atoms with van der Waals surface area (Å²) in [6.07, 6.45) is 1.83. The maximum atomic E-state index is 8.73. The van der Waals surface area contributed by atoms with Gasteiger partial charge in [-0.15, -0.1) is 0 Å². The average Bonchev–Trinajstić information content (AvgIpc) is 2.25. The Morgan fingerprint density at radius 3 is 2.81 bits per heavy atom. The standard InChI is InChI=1S/C13H20ClNO/c1-10-5-6-12(13(14)8-10)9-15-11(2)4-3-7-16/h5-6,8,11,15-16H,3-4,7,9H2,1-2H3. The molecule has 0 fully saturated rings. The van der Waals surface area contributed by atoms with Gasteiger partial charge < -0.3 is 10.4 Å². The zero-order chi connectivity index (χ0) is 12.0. The molecule has 0 saturated heterocycles. The van der Waals surface area contributed by atoms with E-state index >= 15 is 0 Å². The maximum Gasteiger partial charge on any atom is 0.0453 e. The molecule has 0 aromatic heterocycles. The lowest BCUT2D eigenvalue weighted by Crippen LogP contribution is -2.25. The van der Waals surface area contributed by atoms with Crippen molar-refractivity contribution in [1.82, 2.24) is 5.32 Å². The van der Waals surface area contributed by atoms with Gasteiger partial charge in [0.15, 0.2) is 0 Å². The number of aliphatic hydroxyl groups excluding tert-OH is 1. The number of benzene rings is 1. The third-order valence-electron chi connectivity index (χ3n) is 2.64. The van der Waals surface area contributed by atoms with E-state index in [-0.39, 0.29) is 6.61 Å². The van der Waals surface area contributed by atoms with Crippen molar-refractivity contribution in [3.05, 3.63) is 34.3 Å². The van der Waals surface area contributed by atoms with Crippen LogP contribution in [0.3, 0.4) is 0 Å². The molecule has 3 heteroatoms. The van der Waals surface area contributed by atoms with Crippen molar-refractivity contribution in [1.29, 1.82) is 0 Å². The Labute approximate surface area is 103 Å². The highest BCUT2D eigenvalue weighted by Gasteiger charge is 2.03. The highest BCUT2D eigenvalue weighted by molar-refractivity contribution is 6.31. The van der Waals surface area contributed by atoms with Gasteiger partial charge in [-0.3, -0.25) is 0 Å². The first kappa shape index (κ1) is 13.5. The molecular weight excluding hydrogens is 222 g/mol. The Hall–Kier alpha value is -0.570. The molecule has 1 aromatic carbocycles. The van der Waals surface area contributed by atoms with Gasteiger partial charge in [0.05, 0.1) is 0 Å². The SMILES string of the molecule is Cc1ccc(CNC(C)CCCO)c(Cl)c1. The molecule has 0 aliphatic carbocycles. The molecule has 1 unspecified atom stereocenters. The van der Waals surface area contributed by atoms with Crippen LogP contribution in [-0.2, 0) is 6.54 Å². The van der Waals surface area contributed by atoms with Crippen LogP contribution >= 0.6 is 11.6 Å². The van der Waals surface area contributed by atoms with E-state index in [0.29, 0.717) is 6.04 Å². The van der Waals surface area contributed by atoms with Gasteiger partial charge >= 0.3 is 0 Å². The Bertz CT molecular complexity index is 328. The van der Waals surface area contributed by atoms with Crippen LogP contribution in [0.15, 0.2) is 18.2 Å². The van der Waals surface area contributed by atoms with Crippen molar-refractivity contribution in [2.24, 2.45) is 0 Å². The quantitative estimate of drug-likeness (QED) is 0.803. The Morgan fingerprint density at radius 2 is 2.19 bits per heavy atom. The third-order valence-corrected chi connectivity index (χ3v) is 3.00. The minimum absolute atomic E-state index is 0.261. The fourth-order valence-electron chi connectivity index (χ4n) is 1.58. The zero-order valence-corrected chi connectivity index (χ0v) is 10.7. The molecule has 2 nitrogen and oxygen atoms in total. The van der Waals surface area contributed by atoms with Crippen molar-refractivity contribution in [2.45, 2.75) is 39.3 Å². The van der Waals surface area contributed by atoms with Gasteiger partial charge in [0, 0.05) is 24.2 Å². The first-order valence-corrected chi connectivity index (χ1v) is 6.10. The fourth-order valence-corrected chi connectivity index (χ4v) is 1.88. The molecule has 0 heterocycles. The van der Waals surface area contributed by atoms with Crippen LogP contribution in [0.1, 0.15) is 30.9 Å². The van der Waals surface area contributed by atoms with Gasteiger partial charge in [-0.1, -0.05) is 23.7 Å². The normalized spacial score (nSPS) is 12.8. The van der Waals surface area contributed by atoms with Crippen molar-refractivity contribution in [2.75, 3.05) is 6.61 Å². The van der Waals surface area contributed by atoms with E-state index in [4.69, 9.17) is 16.7 Å². The summed E-state index contributed by atoms with van der Waals surface area (Å²) in [4.78, 5) is 0. The van der Waals surface area contributed by atoms with E-state index in [9.17, 15) is 0 Å². The first-order chi connectivity index (χ1) is 7.63. The van der Waals surface area contributed by atoms with Gasteiger partial charge in [-0.25, -0.2) is 0 Å². The van der Waals surface area contributed by atoms with Crippen LogP contribution < -0.4 is 5.32 Å². The maximum absolute atomic E-state index is 8.73. The molecule has 1 atom stereocenters. The lowest BCUT2D eigenvalue weighted by molar-refractivity contribution is 0.276. The number of hydrogen-bond donors (Lipinski definition) is 2. The molecule has 0 saturated carbocycles. The van der Waals surface area contributed by atoms with E-state index in [2.05, 4.69) is 24.4 Å². The van der Waals surface area contributed by atoms with Crippen LogP contribution in [0.4, 0.5) is 0 Å². The molecule has 1 rings (SSSR count). The molecule has 0 radical (unpaired) electrons. The smallest absolute Gasteiger partial charge is 0.0453 e. The lowest BCUT2D eigenvalue weighted by atomic mass is 10.1. The zero-order valence-electron chi connectivity index (χ0n) is 9.96. The number of nitrogens with one attached hydrogen (secondary N) is 1. The Kier molecular flexibility index (Phi) is 5.81. The molecular formula is C13H20ClNO. The third kappa shape index (κ3) is 4.52. The predicted molar refractivity (Wildman–Crippen MR) is 68.8 cm³/mol. The molecule has 0 spiro atoms. The van der Waals surface area contributed by atoms with Gasteiger partial charge in [-0.2, -0.15) is 0 Å². The second-order valence-electron chi connectivity index (χ2n) is 4.24. The van der Waals surface area contributed by atoms with Crippen molar-refractivity contribution < 1.29 is 5.11 Å². The molecule has 90 valence electrons. The van der Waals surface area contributed by atoms with Crippen LogP contribution in [0, 0.1) is 6.92 Å². The number of aryl methyl sites for hydroxylation is 1. The summed E-state index contributed by atoms with van der Waals surface area (Å²) >= 11 is 6.14. The molecule has 2 N–H and O–H groups in total. The Balaban J connectivity index is 2.42. The second kappa shape index (κ2) is 6.89. The summed E-state index contributed by atoms with van der Waals surface area (Å²) < 4.78 is 0. The van der Waals surface area contributed by atoms with Crippen LogP contribution in [0.2, 0.25) is 5.02 Å². The van der Waals surface area contributed by atoms with E-state index in [1.54, 1.807) is 0 Å². The second-order valence-corrected chi connectivity index (χ2v) is 4.65. The number of aliphatic hydroxyl groups is 1. The molecule has 0 bridgehead atoms. The fraction of sp³-hybridized carbons (Fsp3) is 0.538. The van der Waals surface area contributed by atoms with Crippen LogP contribution in [-0.4, -0.2) is 17.8 Å². The summed E-state index contributed by atoms with van der Waals surface area (Å²) in [6.45, 7) is 5.20. The molecule has 0 amide bonds. The van der Waals surface area contributed by atoms with Crippen molar-refractivity contribution in [3.8, 4) is 0 Å². The van der Waals surface area contributed by atoms with Crippen LogP contribution in [0.5, 0.6) is 0 Å². The van der Waals surface area contributed by atoms with Gasteiger partial charge in [0.1, 0.15) is 0 Å². The Morgan fingerprint density at radius 1 is 1.44 bits per heavy atom. The van der Waals surface area contributed by atoms with E-state index in [1.807, 2.05) is 13.0 Å². The summed E-state index contributed by atoms with van der Waals surface area (Å²) in [6, 6.07) is 6.52. The minimum atomic E-state index is 0.261. The summed E-state index contributed by atoms with van der Waals surface area (Å²) in [5.41, 5.74) is 2.31. The van der Waals surface area contributed by atoms with Gasteiger partial charge in [0.2, 0.25) is 0 Å². The summed E-state index contributed by atoms with van der Waals surface area (Å²) in [5, 5.41) is 12.9. The first-order valence-electron chi connectivity index (χ1n) is 5.72. The van der Waals surface area contributed by atoms with Crippen molar-refractivity contribution >= 4 is 11.6 Å².